The van der Waals surface area contributed by atoms with Gasteiger partial charge < -0.3 is 5.09 Å². The number of nitrogens with one attached hydrogen (secondary N) is 1. The fraction of sp³-hybridized carbons (Fsp3) is 0.250. The lowest BCUT2D eigenvalue weighted by atomic mass is 10.3. The molecule has 0 aliphatic heterocycles. The van der Waals surface area contributed by atoms with Gasteiger partial charge in [-0.25, -0.2) is 0 Å². The summed E-state index contributed by atoms with van der Waals surface area (Å²) < 4.78 is 0. The van der Waals surface area contributed by atoms with Gasteiger partial charge in [0.2, 0.25) is 0 Å². The molecule has 0 spiro atoms. The fourth-order valence-electron chi connectivity index (χ4n) is 0.824. The topological polar surface area (TPSA) is 12.0 Å². The van der Waals surface area contributed by atoms with Crippen molar-refractivity contribution in [3.63, 3.8) is 0 Å². The van der Waals surface area contributed by atoms with Gasteiger partial charge in [-0.15, -0.1) is 0 Å². The highest BCUT2D eigenvalue weighted by molar-refractivity contribution is 8.14. The van der Waals surface area contributed by atoms with E-state index in [1.54, 1.807) is 0 Å². The zero-order valence-corrected chi connectivity index (χ0v) is 8.45. The minimum atomic E-state index is -1.30. The number of anilines is 1. The van der Waals surface area contributed by atoms with E-state index in [1.807, 2.05) is 30.3 Å². The maximum absolute atomic E-state index is 5.27. The fourth-order valence-corrected chi connectivity index (χ4v) is 1.91. The number of benzene rings is 1. The molecule has 0 fully saturated rings. The van der Waals surface area contributed by atoms with Crippen LogP contribution in [0.5, 0.6) is 0 Å². The zero-order valence-electron chi connectivity index (χ0n) is 6.74. The van der Waals surface area contributed by atoms with Gasteiger partial charge in [0.05, 0.1) is 0 Å². The van der Waals surface area contributed by atoms with Crippen molar-refractivity contribution in [2.24, 2.45) is 0 Å². The van der Waals surface area contributed by atoms with Gasteiger partial charge in [-0.3, -0.25) is 0 Å². The lowest BCUT2D eigenvalue weighted by Crippen LogP contribution is -1.91. The maximum Gasteiger partial charge on any atom is 0.0377 e. The smallest absolute Gasteiger partial charge is 0.0377 e. The van der Waals surface area contributed by atoms with Crippen LogP contribution in [0.15, 0.2) is 30.3 Å². The van der Waals surface area contributed by atoms with Crippen LogP contribution >= 0.6 is 6.19 Å². The molecule has 0 aliphatic rings. The third-order valence-electron chi connectivity index (χ3n) is 1.17. The molecule has 1 rings (SSSR count). The first-order chi connectivity index (χ1) is 5.08. The Morgan fingerprint density at radius 3 is 2.18 bits per heavy atom. The van der Waals surface area contributed by atoms with Gasteiger partial charge in [-0.1, -0.05) is 30.0 Å². The minimum Gasteiger partial charge on any atom is -0.358 e. The molecular weight excluding hydrogens is 173 g/mol. The second-order valence-electron chi connectivity index (χ2n) is 2.83. The molecule has 1 aromatic rings. The van der Waals surface area contributed by atoms with Gasteiger partial charge >= 0.3 is 0 Å². The first-order valence-electron chi connectivity index (χ1n) is 3.46. The van der Waals surface area contributed by atoms with Gasteiger partial charge in [-0.2, -0.15) is 0 Å². The molecule has 0 saturated carbocycles. The van der Waals surface area contributed by atoms with Gasteiger partial charge in [0.15, 0.2) is 0 Å². The van der Waals surface area contributed by atoms with E-state index in [2.05, 4.69) is 18.4 Å². The minimum absolute atomic E-state index is 1.13. The lowest BCUT2D eigenvalue weighted by molar-refractivity contribution is 1.67. The summed E-state index contributed by atoms with van der Waals surface area (Å²) in [6, 6.07) is 10.1. The summed E-state index contributed by atoms with van der Waals surface area (Å²) in [7, 11) is 0. The van der Waals surface area contributed by atoms with Crippen molar-refractivity contribution in [1.29, 1.82) is 0 Å². The Bertz CT molecular complexity index is 265. The van der Waals surface area contributed by atoms with E-state index in [0.29, 0.717) is 0 Å². The number of para-hydroxylation sites is 1. The van der Waals surface area contributed by atoms with Crippen molar-refractivity contribution >= 4 is 23.7 Å². The zero-order chi connectivity index (χ0) is 8.32. The summed E-state index contributed by atoms with van der Waals surface area (Å²) in [6.07, 6.45) is -1.30. The van der Waals surface area contributed by atoms with E-state index in [0.717, 1.165) is 5.69 Å². The predicted octanol–water partition coefficient (Wildman–Crippen LogP) is 2.75. The van der Waals surface area contributed by atoms with Gasteiger partial charge in [0, 0.05) is 11.9 Å². The molecule has 1 aromatic carbocycles. The van der Waals surface area contributed by atoms with Crippen LogP contribution in [-0.2, 0) is 11.8 Å². The largest absolute Gasteiger partial charge is 0.358 e. The van der Waals surface area contributed by atoms with Crippen molar-refractivity contribution < 1.29 is 0 Å². The van der Waals surface area contributed by atoms with Crippen molar-refractivity contribution in [2.75, 3.05) is 18.4 Å². The number of hydrogen-bond donors (Lipinski definition) is 1. The Kier molecular flexibility index (Phi) is 2.69. The van der Waals surface area contributed by atoms with Gasteiger partial charge in [0.1, 0.15) is 0 Å². The van der Waals surface area contributed by atoms with Crippen molar-refractivity contribution in [2.45, 2.75) is 0 Å². The summed E-state index contributed by atoms with van der Waals surface area (Å²) in [5.41, 5.74) is 1.13. The Morgan fingerprint density at radius 2 is 1.73 bits per heavy atom. The van der Waals surface area contributed by atoms with Gasteiger partial charge in [0.25, 0.3) is 0 Å². The molecular formula is C8H12NPS. The second kappa shape index (κ2) is 3.38. The van der Waals surface area contributed by atoms with Crippen LogP contribution in [0, 0.1) is 0 Å². The van der Waals surface area contributed by atoms with E-state index in [4.69, 9.17) is 11.8 Å². The third-order valence-corrected chi connectivity index (χ3v) is 2.24. The summed E-state index contributed by atoms with van der Waals surface area (Å²) >= 11 is 5.27. The van der Waals surface area contributed by atoms with Crippen LogP contribution in [0.25, 0.3) is 0 Å². The standard InChI is InChI=1S/C8H12NPS/c1-10(2,11)9-8-6-4-3-5-7-8/h3-7H,1-2H3,(H,9,11). The van der Waals surface area contributed by atoms with E-state index in [9.17, 15) is 0 Å². The lowest BCUT2D eigenvalue weighted by Gasteiger charge is -2.13. The Hall–Kier alpha value is -0.330. The summed E-state index contributed by atoms with van der Waals surface area (Å²) in [4.78, 5) is 0. The van der Waals surface area contributed by atoms with E-state index in [-0.39, 0.29) is 0 Å². The first-order valence-corrected chi connectivity index (χ1v) is 7.16. The highest BCUT2D eigenvalue weighted by Gasteiger charge is 1.99. The molecule has 1 N–H and O–H groups in total. The molecule has 0 amide bonds. The van der Waals surface area contributed by atoms with E-state index in [1.165, 1.54) is 0 Å². The number of hydrogen-bond acceptors (Lipinski definition) is 1. The highest BCUT2D eigenvalue weighted by Crippen LogP contribution is 2.36. The molecule has 0 unspecified atom stereocenters. The molecule has 0 aliphatic carbocycles. The first kappa shape index (κ1) is 8.76. The molecule has 0 bridgehead atoms. The third kappa shape index (κ3) is 3.54. The second-order valence-corrected chi connectivity index (χ2v) is 8.49. The van der Waals surface area contributed by atoms with Crippen molar-refractivity contribution in [3.05, 3.63) is 30.3 Å². The molecule has 0 saturated heterocycles. The molecule has 0 heterocycles. The number of rotatable bonds is 2. The van der Waals surface area contributed by atoms with Crippen LogP contribution in [0.2, 0.25) is 0 Å². The average molecular weight is 185 g/mol. The Balaban J connectivity index is 2.74. The molecule has 1 nitrogen and oxygen atoms in total. The molecule has 60 valence electrons. The molecule has 3 heteroatoms. The monoisotopic (exact) mass is 185 g/mol. The normalized spacial score (nSPS) is 11.1. The maximum atomic E-state index is 5.27. The SMILES string of the molecule is CP(C)(=S)Nc1ccccc1. The van der Waals surface area contributed by atoms with Crippen LogP contribution in [0.1, 0.15) is 0 Å². The molecule has 11 heavy (non-hydrogen) atoms. The van der Waals surface area contributed by atoms with Crippen LogP contribution in [0.3, 0.4) is 0 Å². The average Bonchev–Trinajstić information content (AvgIpc) is 1.85. The quantitative estimate of drug-likeness (QED) is 0.711. The van der Waals surface area contributed by atoms with Gasteiger partial charge in [-0.05, 0) is 25.5 Å². The summed E-state index contributed by atoms with van der Waals surface area (Å²) in [5.74, 6) is 0. The van der Waals surface area contributed by atoms with E-state index >= 15 is 0 Å². The van der Waals surface area contributed by atoms with Crippen LogP contribution in [0.4, 0.5) is 5.69 Å². The predicted molar refractivity (Wildman–Crippen MR) is 56.2 cm³/mol. The summed E-state index contributed by atoms with van der Waals surface area (Å²) in [5, 5.41) is 3.31. The molecule has 0 atom stereocenters. The van der Waals surface area contributed by atoms with E-state index < -0.39 is 6.19 Å². The van der Waals surface area contributed by atoms with Crippen LogP contribution < -0.4 is 5.09 Å². The van der Waals surface area contributed by atoms with Crippen LogP contribution in [-0.4, -0.2) is 13.3 Å². The Morgan fingerprint density at radius 1 is 1.18 bits per heavy atom. The Labute approximate surface area is 72.9 Å². The molecule has 0 radical (unpaired) electrons. The van der Waals surface area contributed by atoms with Crippen molar-refractivity contribution in [1.82, 2.24) is 0 Å². The summed E-state index contributed by atoms with van der Waals surface area (Å²) in [6.45, 7) is 4.16. The molecule has 0 aromatic heterocycles. The van der Waals surface area contributed by atoms with Crippen molar-refractivity contribution in [3.8, 4) is 0 Å². The highest BCUT2D eigenvalue weighted by atomic mass is 32.4.